The number of guanidine groups is 1. The van der Waals surface area contributed by atoms with E-state index in [1.165, 1.54) is 5.56 Å². The SMILES string of the molecule is CCNC(=NCc1ccccc1OC)NC1CCN(Cc2ccccc2)CC1.I. The average molecular weight is 508 g/mol. The summed E-state index contributed by atoms with van der Waals surface area (Å²) >= 11 is 0. The molecular weight excluding hydrogens is 475 g/mol. The van der Waals surface area contributed by atoms with E-state index in [2.05, 4.69) is 58.9 Å². The molecule has 0 unspecified atom stereocenters. The number of ether oxygens (including phenoxy) is 1. The lowest BCUT2D eigenvalue weighted by atomic mass is 10.0. The number of benzene rings is 2. The van der Waals surface area contributed by atoms with Crippen molar-refractivity contribution in [3.8, 4) is 5.75 Å². The number of methoxy groups -OCH3 is 1. The van der Waals surface area contributed by atoms with Crippen LogP contribution in [-0.2, 0) is 13.1 Å². The highest BCUT2D eigenvalue weighted by atomic mass is 127. The number of halogens is 1. The fraction of sp³-hybridized carbons (Fsp3) is 0.435. The second-order valence-corrected chi connectivity index (χ2v) is 7.19. The number of piperidine rings is 1. The molecule has 5 nitrogen and oxygen atoms in total. The highest BCUT2D eigenvalue weighted by molar-refractivity contribution is 14.0. The Morgan fingerprint density at radius 2 is 1.76 bits per heavy atom. The topological polar surface area (TPSA) is 48.9 Å². The number of nitrogens with one attached hydrogen (secondary N) is 2. The Bertz CT molecular complexity index is 746. The first kappa shape index (κ1) is 23.5. The summed E-state index contributed by atoms with van der Waals surface area (Å²) in [6, 6.07) is 19.2. The standard InChI is InChI=1S/C23H32N4O.HI/c1-3-24-23(25-17-20-11-7-8-12-22(20)28-2)26-21-13-15-27(16-14-21)18-19-9-5-4-6-10-19;/h4-12,21H,3,13-18H2,1-2H3,(H2,24,25,26);1H. The summed E-state index contributed by atoms with van der Waals surface area (Å²) in [6.45, 7) is 6.81. The van der Waals surface area contributed by atoms with Crippen molar-refractivity contribution in [2.24, 2.45) is 4.99 Å². The van der Waals surface area contributed by atoms with E-state index >= 15 is 0 Å². The fourth-order valence-corrected chi connectivity index (χ4v) is 3.59. The van der Waals surface area contributed by atoms with Crippen molar-refractivity contribution in [3.05, 3.63) is 65.7 Å². The second kappa shape index (κ2) is 12.7. The van der Waals surface area contributed by atoms with Gasteiger partial charge in [0.2, 0.25) is 0 Å². The third-order valence-corrected chi connectivity index (χ3v) is 5.12. The smallest absolute Gasteiger partial charge is 0.191 e. The van der Waals surface area contributed by atoms with Gasteiger partial charge in [0, 0.05) is 37.8 Å². The summed E-state index contributed by atoms with van der Waals surface area (Å²) < 4.78 is 5.43. The lowest BCUT2D eigenvalue weighted by molar-refractivity contribution is 0.198. The van der Waals surface area contributed by atoms with Gasteiger partial charge in [0.1, 0.15) is 5.75 Å². The molecule has 0 aliphatic carbocycles. The maximum absolute atomic E-state index is 5.43. The number of aliphatic imine (C=N–C) groups is 1. The van der Waals surface area contributed by atoms with Crippen molar-refractivity contribution < 1.29 is 4.74 Å². The van der Waals surface area contributed by atoms with E-state index in [-0.39, 0.29) is 24.0 Å². The highest BCUT2D eigenvalue weighted by Crippen LogP contribution is 2.18. The van der Waals surface area contributed by atoms with Gasteiger partial charge in [-0.1, -0.05) is 48.5 Å². The van der Waals surface area contributed by atoms with Crippen molar-refractivity contribution in [1.82, 2.24) is 15.5 Å². The summed E-state index contributed by atoms with van der Waals surface area (Å²) in [7, 11) is 1.70. The molecule has 2 aromatic rings. The van der Waals surface area contributed by atoms with E-state index in [9.17, 15) is 0 Å². The molecule has 1 saturated heterocycles. The van der Waals surface area contributed by atoms with Gasteiger partial charge >= 0.3 is 0 Å². The van der Waals surface area contributed by atoms with Gasteiger partial charge in [-0.2, -0.15) is 0 Å². The van der Waals surface area contributed by atoms with Crippen LogP contribution in [0.4, 0.5) is 0 Å². The van der Waals surface area contributed by atoms with E-state index < -0.39 is 0 Å². The van der Waals surface area contributed by atoms with Crippen LogP contribution >= 0.6 is 24.0 Å². The maximum atomic E-state index is 5.43. The van der Waals surface area contributed by atoms with Crippen molar-refractivity contribution in [1.29, 1.82) is 0 Å². The third-order valence-electron chi connectivity index (χ3n) is 5.12. The molecule has 0 atom stereocenters. The lowest BCUT2D eigenvalue weighted by Crippen LogP contribution is -2.48. The first-order valence-electron chi connectivity index (χ1n) is 10.2. The molecule has 0 bridgehead atoms. The van der Waals surface area contributed by atoms with E-state index in [1.54, 1.807) is 7.11 Å². The molecule has 158 valence electrons. The fourth-order valence-electron chi connectivity index (χ4n) is 3.59. The predicted molar refractivity (Wildman–Crippen MR) is 131 cm³/mol. The Morgan fingerprint density at radius 3 is 2.45 bits per heavy atom. The quantitative estimate of drug-likeness (QED) is 0.337. The van der Waals surface area contributed by atoms with Crippen LogP contribution in [0.2, 0.25) is 0 Å². The Balaban J connectivity index is 0.00000300. The van der Waals surface area contributed by atoms with Crippen LogP contribution in [0.3, 0.4) is 0 Å². The maximum Gasteiger partial charge on any atom is 0.191 e. The average Bonchev–Trinajstić information content (AvgIpc) is 2.74. The minimum atomic E-state index is 0. The van der Waals surface area contributed by atoms with Crippen LogP contribution < -0.4 is 15.4 Å². The minimum absolute atomic E-state index is 0. The molecule has 0 amide bonds. The highest BCUT2D eigenvalue weighted by Gasteiger charge is 2.20. The molecule has 1 fully saturated rings. The second-order valence-electron chi connectivity index (χ2n) is 7.19. The molecule has 0 aromatic heterocycles. The van der Waals surface area contributed by atoms with Crippen molar-refractivity contribution >= 4 is 29.9 Å². The van der Waals surface area contributed by atoms with Gasteiger partial charge in [-0.25, -0.2) is 4.99 Å². The Morgan fingerprint density at radius 1 is 1.07 bits per heavy atom. The van der Waals surface area contributed by atoms with E-state index in [0.29, 0.717) is 12.6 Å². The van der Waals surface area contributed by atoms with E-state index in [0.717, 1.165) is 56.3 Å². The van der Waals surface area contributed by atoms with Crippen LogP contribution in [0, 0.1) is 0 Å². The predicted octanol–water partition coefficient (Wildman–Crippen LogP) is 4.03. The molecule has 0 radical (unpaired) electrons. The monoisotopic (exact) mass is 508 g/mol. The molecule has 1 heterocycles. The zero-order valence-electron chi connectivity index (χ0n) is 17.4. The summed E-state index contributed by atoms with van der Waals surface area (Å²) in [5.74, 6) is 1.77. The first-order chi connectivity index (χ1) is 13.8. The summed E-state index contributed by atoms with van der Waals surface area (Å²) in [4.78, 5) is 7.31. The number of hydrogen-bond donors (Lipinski definition) is 2. The van der Waals surface area contributed by atoms with Gasteiger partial charge in [-0.05, 0) is 31.4 Å². The number of para-hydroxylation sites is 1. The van der Waals surface area contributed by atoms with E-state index in [1.807, 2.05) is 18.2 Å². The Hall–Kier alpha value is -1.80. The van der Waals surface area contributed by atoms with Gasteiger partial charge in [0.15, 0.2) is 5.96 Å². The van der Waals surface area contributed by atoms with Gasteiger partial charge in [-0.3, -0.25) is 4.90 Å². The molecule has 1 aliphatic rings. The van der Waals surface area contributed by atoms with Gasteiger partial charge in [0.05, 0.1) is 13.7 Å². The Kier molecular flexibility index (Phi) is 10.3. The van der Waals surface area contributed by atoms with Crippen LogP contribution in [0.5, 0.6) is 5.75 Å². The summed E-state index contributed by atoms with van der Waals surface area (Å²) in [5.41, 5.74) is 2.49. The normalized spacial score (nSPS) is 15.4. The molecule has 1 aliphatic heterocycles. The van der Waals surface area contributed by atoms with Crippen molar-refractivity contribution in [2.45, 2.75) is 38.9 Å². The van der Waals surface area contributed by atoms with Gasteiger partial charge in [0.25, 0.3) is 0 Å². The molecular formula is C23H33IN4O. The molecule has 2 N–H and O–H groups in total. The van der Waals surface area contributed by atoms with E-state index in [4.69, 9.17) is 9.73 Å². The van der Waals surface area contributed by atoms with Crippen LogP contribution in [0.1, 0.15) is 30.9 Å². The molecule has 2 aromatic carbocycles. The first-order valence-corrected chi connectivity index (χ1v) is 10.2. The number of nitrogens with zero attached hydrogens (tertiary/aromatic N) is 2. The van der Waals surface area contributed by atoms with Crippen LogP contribution in [0.15, 0.2) is 59.6 Å². The zero-order valence-corrected chi connectivity index (χ0v) is 19.8. The molecule has 6 heteroatoms. The Labute approximate surface area is 192 Å². The van der Waals surface area contributed by atoms with Crippen molar-refractivity contribution in [3.63, 3.8) is 0 Å². The molecule has 0 saturated carbocycles. The zero-order chi connectivity index (χ0) is 19.6. The number of likely N-dealkylation sites (tertiary alicyclic amines) is 1. The number of rotatable bonds is 7. The largest absolute Gasteiger partial charge is 0.496 e. The van der Waals surface area contributed by atoms with Gasteiger partial charge in [-0.15, -0.1) is 24.0 Å². The summed E-state index contributed by atoms with van der Waals surface area (Å²) in [6.07, 6.45) is 2.26. The number of hydrogen-bond acceptors (Lipinski definition) is 3. The summed E-state index contributed by atoms with van der Waals surface area (Å²) in [5, 5.41) is 6.99. The van der Waals surface area contributed by atoms with Crippen molar-refractivity contribution in [2.75, 3.05) is 26.7 Å². The molecule has 3 rings (SSSR count). The molecule has 0 spiro atoms. The lowest BCUT2D eigenvalue weighted by Gasteiger charge is -2.33. The molecule has 29 heavy (non-hydrogen) atoms. The van der Waals surface area contributed by atoms with Crippen LogP contribution in [0.25, 0.3) is 0 Å². The third kappa shape index (κ3) is 7.51. The van der Waals surface area contributed by atoms with Gasteiger partial charge < -0.3 is 15.4 Å². The minimum Gasteiger partial charge on any atom is -0.496 e. The van der Waals surface area contributed by atoms with Crippen LogP contribution in [-0.4, -0.2) is 43.6 Å².